The van der Waals surface area contributed by atoms with Crippen molar-refractivity contribution in [3.8, 4) is 17.0 Å². The van der Waals surface area contributed by atoms with Crippen LogP contribution in [-0.2, 0) is 39.3 Å². The maximum Gasteiger partial charge on any atom is 0.188 e. The Labute approximate surface area is 162 Å². The van der Waals surface area contributed by atoms with Gasteiger partial charge in [-0.25, -0.2) is 0 Å². The van der Waals surface area contributed by atoms with Gasteiger partial charge in [0.25, 0.3) is 0 Å². The summed E-state index contributed by atoms with van der Waals surface area (Å²) in [5.74, 6) is 0.842. The average Bonchev–Trinajstić information content (AvgIpc) is 3.42. The number of methoxy groups -OCH3 is 1. The van der Waals surface area contributed by atoms with E-state index in [0.29, 0.717) is 25.0 Å². The topological polar surface area (TPSA) is 62.7 Å². The highest BCUT2D eigenvalue weighted by Gasteiger charge is 2.47. The fourth-order valence-corrected chi connectivity index (χ4v) is 4.83. The Kier molecular flexibility index (Phi) is 4.31. The normalized spacial score (nSPS) is 23.0. The highest BCUT2D eigenvalue weighted by Crippen LogP contribution is 2.49. The van der Waals surface area contributed by atoms with Crippen LogP contribution in [0.25, 0.3) is 11.3 Å². The summed E-state index contributed by atoms with van der Waals surface area (Å²) in [5.41, 5.74) is 5.69. The average molecular weight is 389 g/mol. The van der Waals surface area contributed by atoms with Crippen LogP contribution in [0.4, 0.5) is 0 Å². The van der Waals surface area contributed by atoms with Gasteiger partial charge in [-0.3, -0.25) is 0 Å². The Morgan fingerprint density at radius 3 is 2.96 bits per heavy atom. The van der Waals surface area contributed by atoms with Crippen molar-refractivity contribution in [3.05, 3.63) is 39.5 Å². The first-order valence-corrected chi connectivity index (χ1v) is 9.65. The van der Waals surface area contributed by atoms with Crippen molar-refractivity contribution >= 4 is 11.6 Å². The molecule has 0 saturated carbocycles. The van der Waals surface area contributed by atoms with Crippen LogP contribution in [0, 0.1) is 0 Å². The quantitative estimate of drug-likeness (QED) is 0.748. The standard InChI is InChI=1S/C20H21ClN2O4/c1-24-11-26-18-13-4-2-3-12(13)5-6-14(18)17-15-9-27-20(7-8-25-10-20)16(15)19(21)23-22-17/h5-6H,2-4,7-11H2,1H3. The van der Waals surface area contributed by atoms with Crippen molar-refractivity contribution in [2.75, 3.05) is 27.1 Å². The van der Waals surface area contributed by atoms with E-state index in [9.17, 15) is 0 Å². The Bertz CT molecular complexity index is 896. The van der Waals surface area contributed by atoms with Crippen LogP contribution in [0.15, 0.2) is 12.1 Å². The molecule has 6 nitrogen and oxygen atoms in total. The van der Waals surface area contributed by atoms with Crippen LogP contribution in [0.1, 0.15) is 35.1 Å². The minimum absolute atomic E-state index is 0.195. The molecule has 142 valence electrons. The molecule has 3 aliphatic rings. The van der Waals surface area contributed by atoms with Gasteiger partial charge in [0.05, 0.1) is 13.2 Å². The van der Waals surface area contributed by atoms with E-state index < -0.39 is 5.60 Å². The van der Waals surface area contributed by atoms with Gasteiger partial charge in [0.15, 0.2) is 11.9 Å². The molecule has 27 heavy (non-hydrogen) atoms. The van der Waals surface area contributed by atoms with E-state index in [1.807, 2.05) is 0 Å². The number of rotatable bonds is 4. The number of aryl methyl sites for hydroxylation is 1. The van der Waals surface area contributed by atoms with Crippen molar-refractivity contribution in [1.82, 2.24) is 10.2 Å². The summed E-state index contributed by atoms with van der Waals surface area (Å²) < 4.78 is 22.9. The molecule has 0 N–H and O–H groups in total. The van der Waals surface area contributed by atoms with Gasteiger partial charge in [0.1, 0.15) is 17.0 Å². The number of halogens is 1. The molecule has 1 unspecified atom stereocenters. The largest absolute Gasteiger partial charge is 0.467 e. The smallest absolute Gasteiger partial charge is 0.188 e. The summed E-state index contributed by atoms with van der Waals surface area (Å²) in [6, 6.07) is 4.24. The van der Waals surface area contributed by atoms with E-state index in [2.05, 4.69) is 22.3 Å². The Hall–Kier alpha value is -1.73. The summed E-state index contributed by atoms with van der Waals surface area (Å²) in [6.07, 6.45) is 3.99. The lowest BCUT2D eigenvalue weighted by Gasteiger charge is -2.22. The van der Waals surface area contributed by atoms with Gasteiger partial charge >= 0.3 is 0 Å². The molecular formula is C20H21ClN2O4. The van der Waals surface area contributed by atoms with E-state index in [1.54, 1.807) is 7.11 Å². The molecule has 2 aliphatic heterocycles. The summed E-state index contributed by atoms with van der Waals surface area (Å²) in [4.78, 5) is 0. The van der Waals surface area contributed by atoms with Crippen molar-refractivity contribution < 1.29 is 18.9 Å². The zero-order valence-electron chi connectivity index (χ0n) is 15.2. The van der Waals surface area contributed by atoms with Crippen LogP contribution < -0.4 is 4.74 Å². The van der Waals surface area contributed by atoms with Crippen LogP contribution in [0.2, 0.25) is 5.15 Å². The van der Waals surface area contributed by atoms with Crippen LogP contribution in [0.3, 0.4) is 0 Å². The molecule has 1 fully saturated rings. The summed E-state index contributed by atoms with van der Waals surface area (Å²) >= 11 is 6.46. The Balaban J connectivity index is 1.68. The number of nitrogens with zero attached hydrogens (tertiary/aromatic N) is 2. The summed E-state index contributed by atoms with van der Waals surface area (Å²) in [6.45, 7) is 1.81. The molecule has 1 aliphatic carbocycles. The first-order valence-electron chi connectivity index (χ1n) is 9.27. The molecule has 3 heterocycles. The molecule has 1 atom stereocenters. The SMILES string of the molecule is COCOc1c(-c2nnc(Cl)c3c2COC32CCOC2)ccc2c1CCC2. The van der Waals surface area contributed by atoms with Gasteiger partial charge in [-0.15, -0.1) is 10.2 Å². The molecule has 1 saturated heterocycles. The molecular weight excluding hydrogens is 368 g/mol. The molecule has 0 bridgehead atoms. The Morgan fingerprint density at radius 1 is 1.22 bits per heavy atom. The molecule has 0 amide bonds. The molecule has 1 spiro atoms. The minimum Gasteiger partial charge on any atom is -0.467 e. The molecule has 1 aromatic heterocycles. The minimum atomic E-state index is -0.499. The van der Waals surface area contributed by atoms with Gasteiger partial charge < -0.3 is 18.9 Å². The van der Waals surface area contributed by atoms with E-state index >= 15 is 0 Å². The number of aromatic nitrogens is 2. The van der Waals surface area contributed by atoms with Gasteiger partial charge in [-0.2, -0.15) is 0 Å². The fraction of sp³-hybridized carbons (Fsp3) is 0.500. The van der Waals surface area contributed by atoms with E-state index in [1.165, 1.54) is 11.1 Å². The second-order valence-electron chi connectivity index (χ2n) is 7.26. The molecule has 2 aromatic rings. The predicted octanol–water partition coefficient (Wildman–Crippen LogP) is 3.41. The van der Waals surface area contributed by atoms with Crippen molar-refractivity contribution in [1.29, 1.82) is 0 Å². The molecule has 7 heteroatoms. The van der Waals surface area contributed by atoms with Crippen molar-refractivity contribution in [3.63, 3.8) is 0 Å². The summed E-state index contributed by atoms with van der Waals surface area (Å²) in [5, 5.41) is 9.10. The van der Waals surface area contributed by atoms with Gasteiger partial charge in [0, 0.05) is 36.8 Å². The molecule has 5 rings (SSSR count). The predicted molar refractivity (Wildman–Crippen MR) is 98.9 cm³/mol. The second kappa shape index (κ2) is 6.71. The third-order valence-corrected chi connectivity index (χ3v) is 6.04. The van der Waals surface area contributed by atoms with Gasteiger partial charge in [-0.1, -0.05) is 17.7 Å². The monoisotopic (exact) mass is 388 g/mol. The highest BCUT2D eigenvalue weighted by atomic mass is 35.5. The van der Waals surface area contributed by atoms with E-state index in [0.717, 1.165) is 53.8 Å². The molecule has 1 aromatic carbocycles. The highest BCUT2D eigenvalue weighted by molar-refractivity contribution is 6.30. The Morgan fingerprint density at radius 2 is 2.15 bits per heavy atom. The van der Waals surface area contributed by atoms with Crippen LogP contribution >= 0.6 is 11.6 Å². The van der Waals surface area contributed by atoms with Gasteiger partial charge in [-0.05, 0) is 36.5 Å². The first kappa shape index (κ1) is 17.4. The van der Waals surface area contributed by atoms with Gasteiger partial charge in [0.2, 0.25) is 0 Å². The van der Waals surface area contributed by atoms with E-state index in [-0.39, 0.29) is 6.79 Å². The maximum atomic E-state index is 6.46. The van der Waals surface area contributed by atoms with Crippen molar-refractivity contribution in [2.24, 2.45) is 0 Å². The number of hydrogen-bond donors (Lipinski definition) is 0. The number of benzene rings is 1. The molecule has 0 radical (unpaired) electrons. The van der Waals surface area contributed by atoms with Crippen LogP contribution in [0.5, 0.6) is 5.75 Å². The third-order valence-electron chi connectivity index (χ3n) is 5.77. The summed E-state index contributed by atoms with van der Waals surface area (Å²) in [7, 11) is 1.63. The lowest BCUT2D eigenvalue weighted by Crippen LogP contribution is -2.26. The zero-order valence-corrected chi connectivity index (χ0v) is 16.0. The maximum absolute atomic E-state index is 6.46. The van der Waals surface area contributed by atoms with E-state index in [4.69, 9.17) is 30.5 Å². The fourth-order valence-electron chi connectivity index (χ4n) is 4.51. The lowest BCUT2D eigenvalue weighted by molar-refractivity contribution is -0.0421. The number of ether oxygens (including phenoxy) is 4. The third kappa shape index (κ3) is 2.66. The second-order valence-corrected chi connectivity index (χ2v) is 7.62. The number of hydrogen-bond acceptors (Lipinski definition) is 6. The number of fused-ring (bicyclic) bond motifs is 3. The van der Waals surface area contributed by atoms with Crippen LogP contribution in [-0.4, -0.2) is 37.3 Å². The van der Waals surface area contributed by atoms with Crippen molar-refractivity contribution in [2.45, 2.75) is 37.9 Å². The zero-order chi connectivity index (χ0) is 18.4. The first-order chi connectivity index (χ1) is 13.2. The lowest BCUT2D eigenvalue weighted by atomic mass is 9.91.